The monoisotopic (exact) mass is 329 g/mol. The summed E-state index contributed by atoms with van der Waals surface area (Å²) in [6.45, 7) is 4.61. The van der Waals surface area contributed by atoms with Crippen LogP contribution in [0.4, 0.5) is 0 Å². The predicted molar refractivity (Wildman–Crippen MR) is 94.8 cm³/mol. The van der Waals surface area contributed by atoms with Gasteiger partial charge in [-0.2, -0.15) is 0 Å². The molecule has 0 spiro atoms. The van der Waals surface area contributed by atoms with Crippen molar-refractivity contribution in [1.82, 2.24) is 15.2 Å². The number of rotatable bonds is 4. The molecule has 122 valence electrons. The molecule has 0 radical (unpaired) electrons. The smallest absolute Gasteiger partial charge is 0.265 e. The van der Waals surface area contributed by atoms with E-state index in [9.17, 15) is 4.79 Å². The van der Waals surface area contributed by atoms with E-state index < -0.39 is 0 Å². The van der Waals surface area contributed by atoms with Gasteiger partial charge in [-0.15, -0.1) is 11.3 Å². The zero-order valence-corrected chi connectivity index (χ0v) is 14.5. The first-order valence-corrected chi connectivity index (χ1v) is 8.97. The number of nitrogens with zero attached hydrogens (tertiary/aromatic N) is 2. The average molecular weight is 329 g/mol. The molecule has 5 heteroatoms. The molecular formula is C18H23N3OS. The number of carbonyl (C=O) groups is 1. The topological polar surface area (TPSA) is 45.2 Å². The second kappa shape index (κ2) is 7.23. The number of hydrogen-bond donors (Lipinski definition) is 1. The van der Waals surface area contributed by atoms with E-state index in [1.54, 1.807) is 0 Å². The number of aryl methyl sites for hydroxylation is 1. The van der Waals surface area contributed by atoms with Crippen LogP contribution in [-0.4, -0.2) is 42.5 Å². The summed E-state index contributed by atoms with van der Waals surface area (Å²) < 4.78 is 0. The Bertz CT molecular complexity index is 666. The summed E-state index contributed by atoms with van der Waals surface area (Å²) in [5, 5.41) is 4.15. The number of hydrogen-bond acceptors (Lipinski definition) is 4. The first-order valence-electron chi connectivity index (χ1n) is 8.15. The maximum atomic E-state index is 12.9. The summed E-state index contributed by atoms with van der Waals surface area (Å²) >= 11 is 1.51. The molecule has 2 heterocycles. The van der Waals surface area contributed by atoms with Gasteiger partial charge in [-0.25, -0.2) is 4.98 Å². The van der Waals surface area contributed by atoms with Gasteiger partial charge in [-0.3, -0.25) is 4.79 Å². The molecule has 1 aromatic carbocycles. The Morgan fingerprint density at radius 1 is 1.39 bits per heavy atom. The first kappa shape index (κ1) is 16.1. The fourth-order valence-corrected chi connectivity index (χ4v) is 4.19. The van der Waals surface area contributed by atoms with E-state index in [1.165, 1.54) is 17.8 Å². The minimum absolute atomic E-state index is 0.142. The summed E-state index contributed by atoms with van der Waals surface area (Å²) in [5.41, 5.74) is 1.92. The molecule has 0 bridgehead atoms. The van der Waals surface area contributed by atoms with Gasteiger partial charge in [-0.1, -0.05) is 30.3 Å². The maximum Gasteiger partial charge on any atom is 0.265 e. The van der Waals surface area contributed by atoms with Crippen LogP contribution in [-0.2, 0) is 0 Å². The van der Waals surface area contributed by atoms with Crippen LogP contribution in [0.3, 0.4) is 0 Å². The third kappa shape index (κ3) is 3.62. The molecule has 1 aliphatic heterocycles. The van der Waals surface area contributed by atoms with E-state index in [4.69, 9.17) is 0 Å². The van der Waals surface area contributed by atoms with Crippen molar-refractivity contribution in [1.29, 1.82) is 0 Å². The zero-order valence-electron chi connectivity index (χ0n) is 13.7. The van der Waals surface area contributed by atoms with Gasteiger partial charge >= 0.3 is 0 Å². The fraction of sp³-hybridized carbons (Fsp3) is 0.444. The largest absolute Gasteiger partial charge is 0.338 e. The van der Waals surface area contributed by atoms with Crippen LogP contribution in [0, 0.1) is 12.8 Å². The molecule has 1 aliphatic rings. The minimum atomic E-state index is 0.142. The highest BCUT2D eigenvalue weighted by Gasteiger charge is 2.27. The van der Waals surface area contributed by atoms with E-state index in [2.05, 4.69) is 10.3 Å². The van der Waals surface area contributed by atoms with Crippen molar-refractivity contribution in [2.75, 3.05) is 26.7 Å². The van der Waals surface area contributed by atoms with Gasteiger partial charge in [0.25, 0.3) is 5.91 Å². The number of benzene rings is 1. The number of piperidine rings is 1. The summed E-state index contributed by atoms with van der Waals surface area (Å²) in [6.07, 6.45) is 2.28. The highest BCUT2D eigenvalue weighted by Crippen LogP contribution is 2.29. The van der Waals surface area contributed by atoms with Crippen LogP contribution in [0.5, 0.6) is 0 Å². The zero-order chi connectivity index (χ0) is 16.2. The molecule has 2 aromatic rings. The molecule has 0 aliphatic carbocycles. The normalized spacial score (nSPS) is 18.2. The lowest BCUT2D eigenvalue weighted by atomic mass is 9.98. The van der Waals surface area contributed by atoms with Gasteiger partial charge in [0.2, 0.25) is 0 Å². The maximum absolute atomic E-state index is 12.9. The predicted octanol–water partition coefficient (Wildman–Crippen LogP) is 3.19. The number of likely N-dealkylation sites (tertiary alicyclic amines) is 1. The van der Waals surface area contributed by atoms with Crippen LogP contribution < -0.4 is 5.32 Å². The van der Waals surface area contributed by atoms with Gasteiger partial charge < -0.3 is 10.2 Å². The molecule has 1 N–H and O–H groups in total. The molecule has 1 unspecified atom stereocenters. The molecule has 1 amide bonds. The Kier molecular flexibility index (Phi) is 5.08. The van der Waals surface area contributed by atoms with Gasteiger partial charge in [0.15, 0.2) is 0 Å². The number of nitrogens with one attached hydrogen (secondary N) is 1. The highest BCUT2D eigenvalue weighted by atomic mass is 32.1. The number of amides is 1. The van der Waals surface area contributed by atoms with Crippen LogP contribution in [0.2, 0.25) is 0 Å². The Balaban J connectivity index is 1.79. The van der Waals surface area contributed by atoms with Gasteiger partial charge in [0.05, 0.1) is 5.69 Å². The molecule has 1 saturated heterocycles. The molecular weight excluding hydrogens is 306 g/mol. The summed E-state index contributed by atoms with van der Waals surface area (Å²) in [5.74, 6) is 0.697. The van der Waals surface area contributed by atoms with Crippen LogP contribution in [0.15, 0.2) is 30.3 Å². The molecule has 3 rings (SSSR count). The second-order valence-corrected chi connectivity index (χ2v) is 7.12. The van der Waals surface area contributed by atoms with E-state index in [-0.39, 0.29) is 5.91 Å². The second-order valence-electron chi connectivity index (χ2n) is 6.12. The van der Waals surface area contributed by atoms with E-state index in [1.807, 2.05) is 49.2 Å². The van der Waals surface area contributed by atoms with Crippen molar-refractivity contribution in [3.05, 3.63) is 40.9 Å². The minimum Gasteiger partial charge on any atom is -0.338 e. The van der Waals surface area contributed by atoms with Crippen molar-refractivity contribution in [3.63, 3.8) is 0 Å². The number of aromatic nitrogens is 1. The Morgan fingerprint density at radius 3 is 2.91 bits per heavy atom. The lowest BCUT2D eigenvalue weighted by molar-refractivity contribution is 0.0678. The average Bonchev–Trinajstić information content (AvgIpc) is 2.97. The summed E-state index contributed by atoms with van der Waals surface area (Å²) in [7, 11) is 1.97. The standard InChI is InChI=1S/C18H23N3OS/c1-13-16(23-17(20-13)15-8-4-3-5-9-15)18(22)21-10-6-7-14(12-21)11-19-2/h3-5,8-9,14,19H,6-7,10-12H2,1-2H3. The lowest BCUT2D eigenvalue weighted by Gasteiger charge is -2.32. The van der Waals surface area contributed by atoms with Crippen LogP contribution >= 0.6 is 11.3 Å². The summed E-state index contributed by atoms with van der Waals surface area (Å²) in [4.78, 5) is 20.3. The Labute approximate surface area is 141 Å². The van der Waals surface area contributed by atoms with Crippen molar-refractivity contribution in [2.45, 2.75) is 19.8 Å². The molecule has 23 heavy (non-hydrogen) atoms. The Morgan fingerprint density at radius 2 is 2.17 bits per heavy atom. The Hall–Kier alpha value is -1.72. The van der Waals surface area contributed by atoms with Gasteiger partial charge in [-0.05, 0) is 39.3 Å². The molecule has 1 aromatic heterocycles. The molecule has 0 saturated carbocycles. The first-order chi connectivity index (χ1) is 11.2. The third-order valence-corrected chi connectivity index (χ3v) is 5.51. The van der Waals surface area contributed by atoms with Crippen molar-refractivity contribution < 1.29 is 4.79 Å². The third-order valence-electron chi connectivity index (χ3n) is 4.31. The van der Waals surface area contributed by atoms with Gasteiger partial charge in [0, 0.05) is 18.7 Å². The van der Waals surface area contributed by atoms with Crippen LogP contribution in [0.1, 0.15) is 28.2 Å². The molecule has 1 atom stereocenters. The number of carbonyl (C=O) groups excluding carboxylic acids is 1. The SMILES string of the molecule is CNCC1CCCN(C(=O)c2sc(-c3ccccc3)nc2C)C1. The van der Waals surface area contributed by atoms with Crippen molar-refractivity contribution in [3.8, 4) is 10.6 Å². The van der Waals surface area contributed by atoms with E-state index in [0.717, 1.165) is 47.2 Å². The molecule has 1 fully saturated rings. The van der Waals surface area contributed by atoms with Gasteiger partial charge in [0.1, 0.15) is 9.88 Å². The van der Waals surface area contributed by atoms with E-state index in [0.29, 0.717) is 5.92 Å². The lowest BCUT2D eigenvalue weighted by Crippen LogP contribution is -2.42. The fourth-order valence-electron chi connectivity index (χ4n) is 3.15. The van der Waals surface area contributed by atoms with Crippen molar-refractivity contribution in [2.24, 2.45) is 5.92 Å². The van der Waals surface area contributed by atoms with Crippen LogP contribution in [0.25, 0.3) is 10.6 Å². The highest BCUT2D eigenvalue weighted by molar-refractivity contribution is 7.17. The molecule has 4 nitrogen and oxygen atoms in total. The summed E-state index contributed by atoms with van der Waals surface area (Å²) in [6, 6.07) is 10.1. The quantitative estimate of drug-likeness (QED) is 0.937. The van der Waals surface area contributed by atoms with Crippen molar-refractivity contribution >= 4 is 17.2 Å². The number of thiazole rings is 1. The van der Waals surface area contributed by atoms with E-state index >= 15 is 0 Å².